The van der Waals surface area contributed by atoms with Crippen LogP contribution in [-0.2, 0) is 23.0 Å². The predicted molar refractivity (Wildman–Crippen MR) is 101 cm³/mol. The number of pyridine rings is 1. The molecule has 3 aromatic rings. The zero-order valence-corrected chi connectivity index (χ0v) is 14.9. The first-order chi connectivity index (χ1) is 12.5. The van der Waals surface area contributed by atoms with Crippen molar-refractivity contribution >= 4 is 15.7 Å². The number of benzene rings is 2. The van der Waals surface area contributed by atoms with Gasteiger partial charge in [-0.15, -0.1) is 0 Å². The largest absolute Gasteiger partial charge is 0.266 e. The summed E-state index contributed by atoms with van der Waals surface area (Å²) in [6.45, 7) is 0.106. The minimum absolute atomic E-state index is 0.0617. The number of anilines is 1. The van der Waals surface area contributed by atoms with Crippen LogP contribution in [0.25, 0.3) is 0 Å². The van der Waals surface area contributed by atoms with E-state index in [4.69, 9.17) is 0 Å². The molecular weight excluding hydrogens is 351 g/mol. The zero-order chi connectivity index (χ0) is 18.4. The lowest BCUT2D eigenvalue weighted by Crippen LogP contribution is -2.33. The van der Waals surface area contributed by atoms with Crippen LogP contribution in [-0.4, -0.2) is 19.2 Å². The highest BCUT2D eigenvalue weighted by molar-refractivity contribution is 7.92. The number of hydrogen-bond acceptors (Lipinski definition) is 3. The molecule has 0 radical (unpaired) electrons. The first-order valence-electron chi connectivity index (χ1n) is 8.23. The van der Waals surface area contributed by atoms with Crippen LogP contribution in [0.5, 0.6) is 0 Å². The van der Waals surface area contributed by atoms with Crippen molar-refractivity contribution in [2.24, 2.45) is 0 Å². The maximum atomic E-state index is 13.7. The summed E-state index contributed by atoms with van der Waals surface area (Å²) in [5, 5.41) is 0. The Balaban J connectivity index is 1.88. The number of halogens is 1. The van der Waals surface area contributed by atoms with Crippen molar-refractivity contribution in [2.75, 3.05) is 10.1 Å². The molecule has 0 aliphatic heterocycles. The quantitative estimate of drug-likeness (QED) is 0.636. The van der Waals surface area contributed by atoms with E-state index >= 15 is 0 Å². The molecule has 134 valence electrons. The van der Waals surface area contributed by atoms with Gasteiger partial charge in [0.05, 0.1) is 18.0 Å². The maximum absolute atomic E-state index is 13.7. The molecule has 0 unspecified atom stereocenters. The molecule has 6 heteroatoms. The Morgan fingerprint density at radius 1 is 0.923 bits per heavy atom. The van der Waals surface area contributed by atoms with Gasteiger partial charge >= 0.3 is 0 Å². The summed E-state index contributed by atoms with van der Waals surface area (Å²) in [6, 6.07) is 18.6. The SMILES string of the molecule is O=S(=O)(CCc1ccccc1)N(Cc1cccnc1)c1cccc(F)c1. The minimum atomic E-state index is -3.65. The van der Waals surface area contributed by atoms with Crippen molar-refractivity contribution in [1.29, 1.82) is 0 Å². The first-order valence-corrected chi connectivity index (χ1v) is 9.84. The molecule has 0 N–H and O–H groups in total. The van der Waals surface area contributed by atoms with Gasteiger partial charge in [0.2, 0.25) is 10.0 Å². The van der Waals surface area contributed by atoms with E-state index in [1.807, 2.05) is 30.3 Å². The summed E-state index contributed by atoms with van der Waals surface area (Å²) in [5.41, 5.74) is 1.98. The lowest BCUT2D eigenvalue weighted by molar-refractivity contribution is 0.589. The molecule has 1 heterocycles. The van der Waals surface area contributed by atoms with Crippen molar-refractivity contribution in [3.63, 3.8) is 0 Å². The fraction of sp³-hybridized carbons (Fsp3) is 0.150. The fourth-order valence-electron chi connectivity index (χ4n) is 2.64. The average Bonchev–Trinajstić information content (AvgIpc) is 2.66. The van der Waals surface area contributed by atoms with Crippen molar-refractivity contribution < 1.29 is 12.8 Å². The standard InChI is InChI=1S/C20H19FN2O2S/c21-19-9-4-10-20(14-19)23(16-18-8-5-12-22-15-18)26(24,25)13-11-17-6-2-1-3-7-17/h1-10,12,14-15H,11,13,16H2. The second kappa shape index (κ2) is 8.10. The first kappa shape index (κ1) is 18.1. The summed E-state index contributed by atoms with van der Waals surface area (Å²) in [6.07, 6.45) is 3.63. The van der Waals surface area contributed by atoms with E-state index in [0.717, 1.165) is 11.1 Å². The third-order valence-corrected chi connectivity index (χ3v) is 5.70. The summed E-state index contributed by atoms with van der Waals surface area (Å²) < 4.78 is 40.9. The minimum Gasteiger partial charge on any atom is -0.266 e. The Bertz CT molecular complexity index is 948. The van der Waals surface area contributed by atoms with Crippen LogP contribution in [0.3, 0.4) is 0 Å². The average molecular weight is 370 g/mol. The van der Waals surface area contributed by atoms with Crippen LogP contribution < -0.4 is 4.31 Å². The van der Waals surface area contributed by atoms with Crippen LogP contribution in [0.1, 0.15) is 11.1 Å². The molecule has 0 spiro atoms. The topological polar surface area (TPSA) is 50.3 Å². The molecule has 2 aromatic carbocycles. The second-order valence-corrected chi connectivity index (χ2v) is 7.91. The molecule has 0 atom stereocenters. The Kier molecular flexibility index (Phi) is 5.63. The van der Waals surface area contributed by atoms with Crippen molar-refractivity contribution in [3.05, 3.63) is 96.1 Å². The predicted octanol–water partition coefficient (Wildman–Crippen LogP) is 3.80. The Hall–Kier alpha value is -2.73. The third-order valence-electron chi connectivity index (χ3n) is 3.97. The van der Waals surface area contributed by atoms with E-state index in [2.05, 4.69) is 4.98 Å². The van der Waals surface area contributed by atoms with Crippen molar-refractivity contribution in [3.8, 4) is 0 Å². The maximum Gasteiger partial charge on any atom is 0.235 e. The van der Waals surface area contributed by atoms with Gasteiger partial charge in [-0.1, -0.05) is 42.5 Å². The molecular formula is C20H19FN2O2S. The van der Waals surface area contributed by atoms with Crippen molar-refractivity contribution in [1.82, 2.24) is 4.98 Å². The van der Waals surface area contributed by atoms with Gasteiger partial charge in [-0.05, 0) is 41.8 Å². The number of rotatable bonds is 7. The van der Waals surface area contributed by atoms with Crippen LogP contribution in [0, 0.1) is 5.82 Å². The van der Waals surface area contributed by atoms with Gasteiger partial charge in [0.15, 0.2) is 0 Å². The third kappa shape index (κ3) is 4.67. The Labute approximate surface area is 153 Å². The van der Waals surface area contributed by atoms with Crippen LogP contribution >= 0.6 is 0 Å². The number of nitrogens with zero attached hydrogens (tertiary/aromatic N) is 2. The van der Waals surface area contributed by atoms with Crippen LogP contribution in [0.4, 0.5) is 10.1 Å². The molecule has 0 saturated heterocycles. The highest BCUT2D eigenvalue weighted by Gasteiger charge is 2.23. The Morgan fingerprint density at radius 3 is 2.38 bits per heavy atom. The van der Waals surface area contributed by atoms with E-state index in [1.54, 1.807) is 30.6 Å². The number of hydrogen-bond donors (Lipinski definition) is 0. The van der Waals surface area contributed by atoms with E-state index < -0.39 is 15.8 Å². The van der Waals surface area contributed by atoms with Gasteiger partial charge in [-0.2, -0.15) is 0 Å². The number of sulfonamides is 1. The molecule has 1 aromatic heterocycles. The van der Waals surface area contributed by atoms with Crippen LogP contribution in [0.2, 0.25) is 0 Å². The number of aryl methyl sites for hydroxylation is 1. The summed E-state index contributed by atoms with van der Waals surface area (Å²) in [4.78, 5) is 4.03. The van der Waals surface area contributed by atoms with E-state index in [-0.39, 0.29) is 12.3 Å². The molecule has 0 fully saturated rings. The van der Waals surface area contributed by atoms with E-state index in [9.17, 15) is 12.8 Å². The zero-order valence-electron chi connectivity index (χ0n) is 14.1. The van der Waals surface area contributed by atoms with Gasteiger partial charge in [-0.3, -0.25) is 9.29 Å². The van der Waals surface area contributed by atoms with Crippen LogP contribution in [0.15, 0.2) is 79.1 Å². The smallest absolute Gasteiger partial charge is 0.235 e. The van der Waals surface area contributed by atoms with Gasteiger partial charge in [-0.25, -0.2) is 12.8 Å². The molecule has 0 amide bonds. The lowest BCUT2D eigenvalue weighted by atomic mass is 10.2. The summed E-state index contributed by atoms with van der Waals surface area (Å²) in [5.74, 6) is -0.537. The normalized spacial score (nSPS) is 11.3. The molecule has 4 nitrogen and oxygen atoms in total. The molecule has 0 aliphatic rings. The monoisotopic (exact) mass is 370 g/mol. The highest BCUT2D eigenvalue weighted by atomic mass is 32.2. The molecule has 0 bridgehead atoms. The van der Waals surface area contributed by atoms with Gasteiger partial charge in [0.25, 0.3) is 0 Å². The van der Waals surface area contributed by atoms with Gasteiger partial charge < -0.3 is 0 Å². The van der Waals surface area contributed by atoms with Gasteiger partial charge in [0, 0.05) is 12.4 Å². The summed E-state index contributed by atoms with van der Waals surface area (Å²) in [7, 11) is -3.65. The summed E-state index contributed by atoms with van der Waals surface area (Å²) >= 11 is 0. The van der Waals surface area contributed by atoms with Gasteiger partial charge in [0.1, 0.15) is 5.82 Å². The Morgan fingerprint density at radius 2 is 1.69 bits per heavy atom. The fourth-order valence-corrected chi connectivity index (χ4v) is 4.14. The molecule has 0 saturated carbocycles. The lowest BCUT2D eigenvalue weighted by Gasteiger charge is -2.24. The molecule has 26 heavy (non-hydrogen) atoms. The number of aromatic nitrogens is 1. The highest BCUT2D eigenvalue weighted by Crippen LogP contribution is 2.22. The van der Waals surface area contributed by atoms with E-state index in [0.29, 0.717) is 12.1 Å². The molecule has 3 rings (SSSR count). The second-order valence-electron chi connectivity index (χ2n) is 5.90. The van der Waals surface area contributed by atoms with Crippen molar-refractivity contribution in [2.45, 2.75) is 13.0 Å². The van der Waals surface area contributed by atoms with E-state index in [1.165, 1.54) is 22.5 Å². The molecule has 0 aliphatic carbocycles.